The van der Waals surface area contributed by atoms with E-state index in [-0.39, 0.29) is 21.6 Å². The average Bonchev–Trinajstić information content (AvgIpc) is 2.82. The number of ether oxygens (including phenoxy) is 1. The maximum atomic E-state index is 13.5. The number of benzene rings is 3. The van der Waals surface area contributed by atoms with Crippen LogP contribution in [0.3, 0.4) is 0 Å². The third-order valence-corrected chi connectivity index (χ3v) is 7.75. The second kappa shape index (κ2) is 10.2. The minimum Gasteiger partial charge on any atom is -0.374 e. The first kappa shape index (κ1) is 24.3. The normalized spacial score (nSPS) is 13.6. The molecule has 0 saturated heterocycles. The molecule has 0 unspecified atom stereocenters. The number of rotatable bonds is 7. The molecule has 1 aliphatic heterocycles. The molecular weight excluding hydrogens is 472 g/mol. The molecule has 1 N–H and O–H groups in total. The van der Waals surface area contributed by atoms with Crippen LogP contribution in [-0.2, 0) is 27.8 Å². The number of halogens is 1. The molecule has 178 valence electrons. The number of fused-ring (bicyclic) bond motifs is 1. The first-order valence-electron chi connectivity index (χ1n) is 11.2. The zero-order chi connectivity index (χ0) is 24.3. The van der Waals surface area contributed by atoms with Crippen LogP contribution in [0.15, 0.2) is 71.6 Å². The molecular formula is C26H27ClN2O4S. The van der Waals surface area contributed by atoms with Crippen molar-refractivity contribution >= 4 is 38.9 Å². The van der Waals surface area contributed by atoms with Gasteiger partial charge in [0.15, 0.2) is 0 Å². The Morgan fingerprint density at radius 1 is 1.09 bits per heavy atom. The van der Waals surface area contributed by atoms with Gasteiger partial charge < -0.3 is 10.1 Å². The highest BCUT2D eigenvalue weighted by Crippen LogP contribution is 2.33. The summed E-state index contributed by atoms with van der Waals surface area (Å²) in [6.07, 6.45) is 1.65. The molecule has 0 atom stereocenters. The van der Waals surface area contributed by atoms with Gasteiger partial charge in [0.05, 0.1) is 33.9 Å². The van der Waals surface area contributed by atoms with Crippen molar-refractivity contribution in [3.8, 4) is 0 Å². The number of amides is 1. The zero-order valence-corrected chi connectivity index (χ0v) is 20.7. The fourth-order valence-corrected chi connectivity index (χ4v) is 5.69. The predicted molar refractivity (Wildman–Crippen MR) is 135 cm³/mol. The molecule has 1 aliphatic rings. The predicted octanol–water partition coefficient (Wildman–Crippen LogP) is 5.66. The summed E-state index contributed by atoms with van der Waals surface area (Å²) in [6, 6.07) is 19.0. The lowest BCUT2D eigenvalue weighted by Crippen LogP contribution is -2.35. The van der Waals surface area contributed by atoms with Gasteiger partial charge >= 0.3 is 0 Å². The van der Waals surface area contributed by atoms with E-state index in [4.69, 9.17) is 16.3 Å². The fourth-order valence-electron chi connectivity index (χ4n) is 3.92. The largest absolute Gasteiger partial charge is 0.374 e. The molecule has 1 heterocycles. The van der Waals surface area contributed by atoms with Gasteiger partial charge in [0.1, 0.15) is 0 Å². The summed E-state index contributed by atoms with van der Waals surface area (Å²) in [5, 5.41) is 2.99. The Morgan fingerprint density at radius 2 is 1.88 bits per heavy atom. The van der Waals surface area contributed by atoms with E-state index < -0.39 is 15.9 Å². The number of hydrogen-bond donors (Lipinski definition) is 1. The number of sulfonamides is 1. The molecule has 0 aliphatic carbocycles. The van der Waals surface area contributed by atoms with Crippen LogP contribution in [0.4, 0.5) is 11.4 Å². The van der Waals surface area contributed by atoms with Crippen LogP contribution >= 0.6 is 11.6 Å². The molecule has 4 rings (SSSR count). The van der Waals surface area contributed by atoms with Crippen LogP contribution in [-0.4, -0.2) is 27.0 Å². The molecule has 1 amide bonds. The number of carbonyl (C=O) groups is 1. The minimum atomic E-state index is -3.87. The summed E-state index contributed by atoms with van der Waals surface area (Å²) in [5.74, 6) is -0.483. The average molecular weight is 499 g/mol. The van der Waals surface area contributed by atoms with E-state index in [9.17, 15) is 13.2 Å². The molecule has 3 aromatic rings. The van der Waals surface area contributed by atoms with Gasteiger partial charge in [-0.15, -0.1) is 0 Å². The first-order valence-corrected chi connectivity index (χ1v) is 13.0. The van der Waals surface area contributed by atoms with E-state index in [1.54, 1.807) is 6.07 Å². The number of anilines is 2. The van der Waals surface area contributed by atoms with Gasteiger partial charge in [0.25, 0.3) is 15.9 Å². The Morgan fingerprint density at radius 3 is 2.68 bits per heavy atom. The van der Waals surface area contributed by atoms with Crippen molar-refractivity contribution in [1.29, 1.82) is 0 Å². The lowest BCUT2D eigenvalue weighted by atomic mass is 10.0. The highest BCUT2D eigenvalue weighted by Gasteiger charge is 2.30. The monoisotopic (exact) mass is 498 g/mol. The number of aryl methyl sites for hydroxylation is 1. The van der Waals surface area contributed by atoms with Gasteiger partial charge in [0.2, 0.25) is 0 Å². The Labute approximate surface area is 205 Å². The van der Waals surface area contributed by atoms with Gasteiger partial charge in [-0.2, -0.15) is 0 Å². The summed E-state index contributed by atoms with van der Waals surface area (Å²) >= 11 is 6.30. The van der Waals surface area contributed by atoms with Gasteiger partial charge in [-0.25, -0.2) is 8.42 Å². The molecule has 8 heteroatoms. The van der Waals surface area contributed by atoms with Gasteiger partial charge in [-0.05, 0) is 74.2 Å². The standard InChI is InChI=1S/C26H27ClN2O4S/c1-18(2)33-17-19-7-5-10-21(15-19)28-26(30)23-16-22(12-13-24(23)27)34(31,32)29-14-6-9-20-8-3-4-11-25(20)29/h3-5,7-8,10-13,15-16,18H,6,9,14,17H2,1-2H3,(H,28,30). The summed E-state index contributed by atoms with van der Waals surface area (Å²) in [7, 11) is -3.87. The zero-order valence-electron chi connectivity index (χ0n) is 19.1. The molecule has 0 saturated carbocycles. The molecule has 0 spiro atoms. The van der Waals surface area contributed by atoms with Crippen LogP contribution in [0.5, 0.6) is 0 Å². The van der Waals surface area contributed by atoms with Gasteiger partial charge in [-0.3, -0.25) is 9.10 Å². The van der Waals surface area contributed by atoms with Crippen LogP contribution in [0.25, 0.3) is 0 Å². The molecule has 0 bridgehead atoms. The van der Waals surface area contributed by atoms with E-state index >= 15 is 0 Å². The van der Waals surface area contributed by atoms with E-state index in [2.05, 4.69) is 5.32 Å². The van der Waals surface area contributed by atoms with Crippen LogP contribution < -0.4 is 9.62 Å². The van der Waals surface area contributed by atoms with E-state index in [1.807, 2.05) is 56.3 Å². The van der Waals surface area contributed by atoms with Gasteiger partial charge in [-0.1, -0.05) is 41.9 Å². The van der Waals surface area contributed by atoms with E-state index in [1.165, 1.54) is 22.5 Å². The number of carbonyl (C=O) groups excluding carboxylic acids is 1. The minimum absolute atomic E-state index is 0.0258. The van der Waals surface area contributed by atoms with Crippen molar-refractivity contribution in [3.05, 3.63) is 88.4 Å². The number of nitrogens with zero attached hydrogens (tertiary/aromatic N) is 1. The summed E-state index contributed by atoms with van der Waals surface area (Å²) < 4.78 is 34.0. The molecule has 34 heavy (non-hydrogen) atoms. The van der Waals surface area contributed by atoms with Crippen molar-refractivity contribution in [1.82, 2.24) is 0 Å². The Hall–Kier alpha value is -2.87. The number of para-hydroxylation sites is 1. The molecule has 0 radical (unpaired) electrons. The molecule has 6 nitrogen and oxygen atoms in total. The number of hydrogen-bond acceptors (Lipinski definition) is 4. The third-order valence-electron chi connectivity index (χ3n) is 5.61. The van der Waals surface area contributed by atoms with Crippen molar-refractivity contribution in [2.24, 2.45) is 0 Å². The summed E-state index contributed by atoms with van der Waals surface area (Å²) in [5.41, 5.74) is 3.25. The van der Waals surface area contributed by atoms with Crippen molar-refractivity contribution in [3.63, 3.8) is 0 Å². The van der Waals surface area contributed by atoms with Crippen LogP contribution in [0.2, 0.25) is 5.02 Å². The van der Waals surface area contributed by atoms with Crippen molar-refractivity contribution in [2.75, 3.05) is 16.2 Å². The van der Waals surface area contributed by atoms with Crippen LogP contribution in [0, 0.1) is 0 Å². The molecule has 3 aromatic carbocycles. The Kier molecular flexibility index (Phi) is 7.26. The maximum absolute atomic E-state index is 13.5. The second-order valence-electron chi connectivity index (χ2n) is 8.47. The lowest BCUT2D eigenvalue weighted by molar-refractivity contribution is 0.0657. The Bertz CT molecular complexity index is 1310. The lowest BCUT2D eigenvalue weighted by Gasteiger charge is -2.30. The van der Waals surface area contributed by atoms with E-state index in [0.717, 1.165) is 24.0 Å². The highest BCUT2D eigenvalue weighted by molar-refractivity contribution is 7.92. The highest BCUT2D eigenvalue weighted by atomic mass is 35.5. The van der Waals surface area contributed by atoms with Crippen molar-refractivity contribution < 1.29 is 17.9 Å². The maximum Gasteiger partial charge on any atom is 0.264 e. The SMILES string of the molecule is CC(C)OCc1cccc(NC(=O)c2cc(S(=O)(=O)N3CCCc4ccccc43)ccc2Cl)c1. The smallest absolute Gasteiger partial charge is 0.264 e. The molecule has 0 fully saturated rings. The second-order valence-corrected chi connectivity index (χ2v) is 10.7. The van der Waals surface area contributed by atoms with Crippen molar-refractivity contribution in [2.45, 2.75) is 44.3 Å². The Balaban J connectivity index is 1.59. The molecule has 0 aromatic heterocycles. The van der Waals surface area contributed by atoms with Crippen LogP contribution in [0.1, 0.15) is 41.8 Å². The third kappa shape index (κ3) is 5.27. The quantitative estimate of drug-likeness (QED) is 0.456. The first-order chi connectivity index (χ1) is 16.3. The van der Waals surface area contributed by atoms with Gasteiger partial charge in [0, 0.05) is 12.2 Å². The van der Waals surface area contributed by atoms with E-state index in [0.29, 0.717) is 24.5 Å². The number of nitrogens with one attached hydrogen (secondary N) is 1. The fraction of sp³-hybridized carbons (Fsp3) is 0.269. The topological polar surface area (TPSA) is 75.7 Å². The summed E-state index contributed by atoms with van der Waals surface area (Å²) in [4.78, 5) is 13.1. The summed E-state index contributed by atoms with van der Waals surface area (Å²) in [6.45, 7) is 4.72.